The fourth-order valence-electron chi connectivity index (χ4n) is 2.68. The highest BCUT2D eigenvalue weighted by Crippen LogP contribution is 2.30. The molecule has 0 heterocycles. The molecule has 0 amide bonds. The van der Waals surface area contributed by atoms with Crippen molar-refractivity contribution in [2.45, 2.75) is 20.3 Å². The first-order chi connectivity index (χ1) is 11.7. The van der Waals surface area contributed by atoms with E-state index < -0.39 is 0 Å². The van der Waals surface area contributed by atoms with Crippen molar-refractivity contribution in [3.8, 4) is 11.5 Å². The maximum atomic E-state index is 12.7. The van der Waals surface area contributed by atoms with Gasteiger partial charge in [0.15, 0.2) is 11.5 Å². The number of fused-ring (bicyclic) bond motifs is 1. The van der Waals surface area contributed by atoms with Gasteiger partial charge in [-0.1, -0.05) is 49.4 Å². The molecule has 0 aliphatic heterocycles. The van der Waals surface area contributed by atoms with E-state index in [1.54, 1.807) is 12.1 Å². The van der Waals surface area contributed by atoms with Gasteiger partial charge in [0, 0.05) is 0 Å². The Morgan fingerprint density at radius 3 is 2.50 bits per heavy atom. The molecule has 3 aromatic rings. The molecule has 3 aromatic carbocycles. The highest BCUT2D eigenvalue weighted by Gasteiger charge is 2.15. The van der Waals surface area contributed by atoms with Gasteiger partial charge in [-0.3, -0.25) is 0 Å². The summed E-state index contributed by atoms with van der Waals surface area (Å²) in [6, 6.07) is 19.1. The van der Waals surface area contributed by atoms with Crippen molar-refractivity contribution >= 4 is 16.7 Å². The largest absolute Gasteiger partial charge is 0.490 e. The van der Waals surface area contributed by atoms with Crippen molar-refractivity contribution in [1.29, 1.82) is 0 Å². The predicted molar refractivity (Wildman–Crippen MR) is 95.9 cm³/mol. The lowest BCUT2D eigenvalue weighted by atomic mass is 10.0. The van der Waals surface area contributed by atoms with Crippen LogP contribution in [0.2, 0.25) is 0 Å². The van der Waals surface area contributed by atoms with E-state index in [4.69, 9.17) is 9.47 Å². The number of aryl methyl sites for hydroxylation is 1. The Bertz CT molecular complexity index is 863. The number of ether oxygens (including phenoxy) is 2. The van der Waals surface area contributed by atoms with Crippen LogP contribution >= 0.6 is 0 Å². The molecule has 0 N–H and O–H groups in total. The zero-order valence-corrected chi connectivity index (χ0v) is 13.9. The first kappa shape index (κ1) is 16.1. The van der Waals surface area contributed by atoms with E-state index in [9.17, 15) is 4.79 Å². The van der Waals surface area contributed by atoms with E-state index >= 15 is 0 Å². The Morgan fingerprint density at radius 1 is 0.917 bits per heavy atom. The van der Waals surface area contributed by atoms with Crippen LogP contribution in [0.3, 0.4) is 0 Å². The molecule has 0 fully saturated rings. The van der Waals surface area contributed by atoms with Gasteiger partial charge >= 0.3 is 5.97 Å². The third-order valence-electron chi connectivity index (χ3n) is 3.93. The van der Waals surface area contributed by atoms with Crippen LogP contribution in [-0.4, -0.2) is 12.6 Å². The van der Waals surface area contributed by atoms with Crippen LogP contribution in [0.5, 0.6) is 11.5 Å². The standard InChI is InChI=1S/C21H20O3/c1-3-15-12-13-19(20(14-15)23-4-2)24-21(22)18-11-7-9-16-8-5-6-10-17(16)18/h5-14H,3-4H2,1-2H3. The SMILES string of the molecule is CCOc1cc(CC)ccc1OC(=O)c1cccc2ccccc12. The average Bonchev–Trinajstić information content (AvgIpc) is 2.62. The van der Waals surface area contributed by atoms with Gasteiger partial charge in [-0.2, -0.15) is 0 Å². The third kappa shape index (κ3) is 3.25. The second-order valence-electron chi connectivity index (χ2n) is 5.48. The number of hydrogen-bond acceptors (Lipinski definition) is 3. The van der Waals surface area contributed by atoms with E-state index in [0.717, 1.165) is 22.8 Å². The molecule has 3 nitrogen and oxygen atoms in total. The Labute approximate surface area is 141 Å². The van der Waals surface area contributed by atoms with Gasteiger partial charge in [0.25, 0.3) is 0 Å². The van der Waals surface area contributed by atoms with Crippen molar-refractivity contribution < 1.29 is 14.3 Å². The van der Waals surface area contributed by atoms with Gasteiger partial charge in [-0.05, 0) is 47.9 Å². The topological polar surface area (TPSA) is 35.5 Å². The average molecular weight is 320 g/mol. The van der Waals surface area contributed by atoms with Gasteiger partial charge in [0.1, 0.15) is 0 Å². The minimum Gasteiger partial charge on any atom is -0.490 e. The summed E-state index contributed by atoms with van der Waals surface area (Å²) < 4.78 is 11.3. The maximum Gasteiger partial charge on any atom is 0.344 e. The molecule has 0 aliphatic rings. The molecule has 24 heavy (non-hydrogen) atoms. The fourth-order valence-corrected chi connectivity index (χ4v) is 2.68. The lowest BCUT2D eigenvalue weighted by Gasteiger charge is -2.12. The molecule has 0 aliphatic carbocycles. The maximum absolute atomic E-state index is 12.7. The smallest absolute Gasteiger partial charge is 0.344 e. The number of rotatable bonds is 5. The van der Waals surface area contributed by atoms with Crippen LogP contribution in [0.1, 0.15) is 29.8 Å². The Morgan fingerprint density at radius 2 is 1.71 bits per heavy atom. The zero-order chi connectivity index (χ0) is 16.9. The summed E-state index contributed by atoms with van der Waals surface area (Å²) in [4.78, 5) is 12.7. The van der Waals surface area contributed by atoms with Crippen molar-refractivity contribution in [2.24, 2.45) is 0 Å². The molecular formula is C21H20O3. The number of esters is 1. The third-order valence-corrected chi connectivity index (χ3v) is 3.93. The van der Waals surface area contributed by atoms with Crippen molar-refractivity contribution in [1.82, 2.24) is 0 Å². The highest BCUT2D eigenvalue weighted by atomic mass is 16.6. The number of hydrogen-bond donors (Lipinski definition) is 0. The molecule has 0 aromatic heterocycles. The van der Waals surface area contributed by atoms with E-state index in [-0.39, 0.29) is 5.97 Å². The highest BCUT2D eigenvalue weighted by molar-refractivity contribution is 6.05. The molecule has 3 heteroatoms. The molecule has 0 spiro atoms. The fraction of sp³-hybridized carbons (Fsp3) is 0.190. The Hall–Kier alpha value is -2.81. The molecule has 0 saturated heterocycles. The molecule has 0 unspecified atom stereocenters. The minimum absolute atomic E-state index is 0.378. The Kier molecular flexibility index (Phi) is 4.80. The first-order valence-electron chi connectivity index (χ1n) is 8.18. The normalized spacial score (nSPS) is 10.6. The molecule has 0 radical (unpaired) electrons. The Balaban J connectivity index is 1.94. The predicted octanol–water partition coefficient (Wildman–Crippen LogP) is 5.02. The molecule has 0 saturated carbocycles. The lowest BCUT2D eigenvalue weighted by Crippen LogP contribution is -2.10. The molecule has 0 atom stereocenters. The summed E-state index contributed by atoms with van der Waals surface area (Å²) in [5.74, 6) is 0.675. The van der Waals surface area contributed by atoms with Crippen molar-refractivity contribution in [3.05, 3.63) is 71.8 Å². The number of benzene rings is 3. The summed E-state index contributed by atoms with van der Waals surface area (Å²) >= 11 is 0. The summed E-state index contributed by atoms with van der Waals surface area (Å²) in [7, 11) is 0. The first-order valence-corrected chi connectivity index (χ1v) is 8.18. The van der Waals surface area contributed by atoms with E-state index in [0.29, 0.717) is 23.7 Å². The van der Waals surface area contributed by atoms with Gasteiger partial charge in [0.2, 0.25) is 0 Å². The number of carbonyl (C=O) groups excluding carboxylic acids is 1. The van der Waals surface area contributed by atoms with Crippen LogP contribution in [0.25, 0.3) is 10.8 Å². The minimum atomic E-state index is -0.378. The summed E-state index contributed by atoms with van der Waals surface area (Å²) in [6.07, 6.45) is 0.900. The molecular weight excluding hydrogens is 300 g/mol. The quantitative estimate of drug-likeness (QED) is 0.489. The van der Waals surface area contributed by atoms with Gasteiger partial charge in [-0.25, -0.2) is 4.79 Å². The molecule has 122 valence electrons. The van der Waals surface area contributed by atoms with Gasteiger partial charge in [0.05, 0.1) is 12.2 Å². The van der Waals surface area contributed by atoms with E-state index in [1.807, 2.05) is 55.5 Å². The summed E-state index contributed by atoms with van der Waals surface area (Å²) in [5, 5.41) is 1.89. The van der Waals surface area contributed by atoms with Gasteiger partial charge in [-0.15, -0.1) is 0 Å². The van der Waals surface area contributed by atoms with Crippen molar-refractivity contribution in [2.75, 3.05) is 6.61 Å². The molecule has 3 rings (SSSR count). The van der Waals surface area contributed by atoms with Crippen molar-refractivity contribution in [3.63, 3.8) is 0 Å². The summed E-state index contributed by atoms with van der Waals surface area (Å²) in [6.45, 7) is 4.51. The van der Waals surface area contributed by atoms with Crippen LogP contribution in [-0.2, 0) is 6.42 Å². The van der Waals surface area contributed by atoms with Crippen LogP contribution in [0, 0.1) is 0 Å². The van der Waals surface area contributed by atoms with Crippen LogP contribution in [0.15, 0.2) is 60.7 Å². The zero-order valence-electron chi connectivity index (χ0n) is 13.9. The number of carbonyl (C=O) groups is 1. The van der Waals surface area contributed by atoms with E-state index in [1.165, 1.54) is 0 Å². The summed E-state index contributed by atoms with van der Waals surface area (Å²) in [5.41, 5.74) is 1.69. The van der Waals surface area contributed by atoms with Crippen LogP contribution in [0.4, 0.5) is 0 Å². The van der Waals surface area contributed by atoms with Gasteiger partial charge < -0.3 is 9.47 Å². The van der Waals surface area contributed by atoms with E-state index in [2.05, 4.69) is 6.92 Å². The van der Waals surface area contributed by atoms with Crippen LogP contribution < -0.4 is 9.47 Å². The monoisotopic (exact) mass is 320 g/mol. The molecule has 0 bridgehead atoms. The lowest BCUT2D eigenvalue weighted by molar-refractivity contribution is 0.0730. The second-order valence-corrected chi connectivity index (χ2v) is 5.48. The second kappa shape index (κ2) is 7.18.